The lowest BCUT2D eigenvalue weighted by molar-refractivity contribution is 1.15. The molecule has 88 valence electrons. The predicted molar refractivity (Wildman–Crippen MR) is 74.8 cm³/mol. The van der Waals surface area contributed by atoms with Crippen LogP contribution in [-0.4, -0.2) is 7.05 Å². The van der Waals surface area contributed by atoms with Crippen molar-refractivity contribution in [2.24, 2.45) is 0 Å². The molecule has 0 aliphatic carbocycles. The molecule has 2 aromatic carbocycles. The normalized spacial score (nSPS) is 10.0. The zero-order valence-electron chi connectivity index (χ0n) is 9.70. The maximum Gasteiger partial charge on any atom is 0.0407 e. The summed E-state index contributed by atoms with van der Waals surface area (Å²) in [5.41, 5.74) is 3.45. The Labute approximate surface area is 107 Å². The molecule has 2 aromatic rings. The van der Waals surface area contributed by atoms with Crippen molar-refractivity contribution < 1.29 is 0 Å². The quantitative estimate of drug-likeness (QED) is 0.852. The number of nitrogens with one attached hydrogen (secondary N) is 2. The van der Waals surface area contributed by atoms with Crippen LogP contribution < -0.4 is 10.6 Å². The largest absolute Gasteiger partial charge is 0.388 e. The molecule has 0 bridgehead atoms. The Kier molecular flexibility index (Phi) is 3.89. The number of benzene rings is 2. The summed E-state index contributed by atoms with van der Waals surface area (Å²) >= 11 is 5.83. The minimum atomic E-state index is 0.758. The van der Waals surface area contributed by atoms with Crippen molar-refractivity contribution in [1.29, 1.82) is 0 Å². The summed E-state index contributed by atoms with van der Waals surface area (Å²) in [6.07, 6.45) is 0. The van der Waals surface area contributed by atoms with E-state index in [1.165, 1.54) is 5.56 Å². The molecule has 0 aliphatic heterocycles. The molecule has 0 unspecified atom stereocenters. The number of rotatable bonds is 4. The lowest BCUT2D eigenvalue weighted by atomic mass is 10.2. The highest BCUT2D eigenvalue weighted by Gasteiger charge is 1.95. The molecule has 0 heterocycles. The minimum Gasteiger partial charge on any atom is -0.388 e. The van der Waals surface area contributed by atoms with Gasteiger partial charge in [-0.05, 0) is 42.0 Å². The average Bonchev–Trinajstić information content (AvgIpc) is 2.39. The third kappa shape index (κ3) is 3.40. The second kappa shape index (κ2) is 5.60. The second-order valence-corrected chi connectivity index (χ2v) is 4.24. The molecule has 0 atom stereocenters. The van der Waals surface area contributed by atoms with Gasteiger partial charge in [0, 0.05) is 30.0 Å². The van der Waals surface area contributed by atoms with Crippen LogP contribution in [0.15, 0.2) is 48.5 Å². The first-order chi connectivity index (χ1) is 8.28. The number of hydrogen-bond acceptors (Lipinski definition) is 2. The molecule has 3 heteroatoms. The lowest BCUT2D eigenvalue weighted by Crippen LogP contribution is -1.99. The second-order valence-electron chi connectivity index (χ2n) is 3.81. The minimum absolute atomic E-state index is 0.758. The van der Waals surface area contributed by atoms with E-state index in [0.29, 0.717) is 0 Å². The van der Waals surface area contributed by atoms with Crippen molar-refractivity contribution in [2.75, 3.05) is 17.7 Å². The predicted octanol–water partition coefficient (Wildman–Crippen LogP) is 3.99. The van der Waals surface area contributed by atoms with Crippen molar-refractivity contribution in [1.82, 2.24) is 0 Å². The van der Waals surface area contributed by atoms with Gasteiger partial charge in [0.2, 0.25) is 0 Å². The number of anilines is 2. The van der Waals surface area contributed by atoms with E-state index < -0.39 is 0 Å². The summed E-state index contributed by atoms with van der Waals surface area (Å²) in [4.78, 5) is 0. The molecule has 2 N–H and O–H groups in total. The van der Waals surface area contributed by atoms with Gasteiger partial charge in [0.25, 0.3) is 0 Å². The SMILES string of the molecule is CNc1ccc(CNc2ccc(Cl)cc2)cc1. The Morgan fingerprint density at radius 2 is 1.47 bits per heavy atom. The summed E-state index contributed by atoms with van der Waals surface area (Å²) in [5.74, 6) is 0. The first-order valence-electron chi connectivity index (χ1n) is 5.54. The molecular weight excluding hydrogens is 232 g/mol. The van der Waals surface area contributed by atoms with Gasteiger partial charge < -0.3 is 10.6 Å². The van der Waals surface area contributed by atoms with Crippen LogP contribution in [0.25, 0.3) is 0 Å². The van der Waals surface area contributed by atoms with Crippen LogP contribution in [0.2, 0.25) is 5.02 Å². The molecule has 0 spiro atoms. The molecule has 0 aliphatic rings. The van der Waals surface area contributed by atoms with E-state index in [4.69, 9.17) is 11.6 Å². The molecule has 17 heavy (non-hydrogen) atoms. The Balaban J connectivity index is 1.95. The molecule has 0 radical (unpaired) electrons. The van der Waals surface area contributed by atoms with Gasteiger partial charge in [-0.1, -0.05) is 23.7 Å². The van der Waals surface area contributed by atoms with Crippen LogP contribution in [0.3, 0.4) is 0 Å². The van der Waals surface area contributed by atoms with Gasteiger partial charge in [-0.3, -0.25) is 0 Å². The van der Waals surface area contributed by atoms with Crippen LogP contribution in [0.4, 0.5) is 11.4 Å². The Hall–Kier alpha value is -1.67. The van der Waals surface area contributed by atoms with E-state index in [1.807, 2.05) is 31.3 Å². The molecule has 0 saturated heterocycles. The fourth-order valence-electron chi connectivity index (χ4n) is 1.56. The van der Waals surface area contributed by atoms with Gasteiger partial charge >= 0.3 is 0 Å². The van der Waals surface area contributed by atoms with E-state index in [-0.39, 0.29) is 0 Å². The zero-order chi connectivity index (χ0) is 12.1. The van der Waals surface area contributed by atoms with Crippen molar-refractivity contribution >= 4 is 23.0 Å². The summed E-state index contributed by atoms with van der Waals surface area (Å²) in [5, 5.41) is 7.20. The van der Waals surface area contributed by atoms with Gasteiger partial charge in [-0.2, -0.15) is 0 Å². The first-order valence-corrected chi connectivity index (χ1v) is 5.92. The summed E-state index contributed by atoms with van der Waals surface area (Å²) < 4.78 is 0. The summed E-state index contributed by atoms with van der Waals surface area (Å²) in [7, 11) is 1.92. The fourth-order valence-corrected chi connectivity index (χ4v) is 1.69. The maximum atomic E-state index is 5.83. The maximum absolute atomic E-state index is 5.83. The molecule has 0 amide bonds. The highest BCUT2D eigenvalue weighted by atomic mass is 35.5. The van der Waals surface area contributed by atoms with Crippen molar-refractivity contribution in [3.05, 3.63) is 59.1 Å². The van der Waals surface area contributed by atoms with Crippen LogP contribution in [0.1, 0.15) is 5.56 Å². The van der Waals surface area contributed by atoms with E-state index in [2.05, 4.69) is 34.9 Å². The Morgan fingerprint density at radius 3 is 2.06 bits per heavy atom. The highest BCUT2D eigenvalue weighted by molar-refractivity contribution is 6.30. The monoisotopic (exact) mass is 246 g/mol. The smallest absolute Gasteiger partial charge is 0.0407 e. The third-order valence-electron chi connectivity index (χ3n) is 2.58. The topological polar surface area (TPSA) is 24.1 Å². The van der Waals surface area contributed by atoms with E-state index in [1.54, 1.807) is 0 Å². The average molecular weight is 247 g/mol. The van der Waals surface area contributed by atoms with E-state index in [9.17, 15) is 0 Å². The third-order valence-corrected chi connectivity index (χ3v) is 2.84. The molecular formula is C14H15ClN2. The van der Waals surface area contributed by atoms with Crippen LogP contribution in [0.5, 0.6) is 0 Å². The first kappa shape index (κ1) is 11.8. The molecule has 0 saturated carbocycles. The standard InChI is InChI=1S/C14H15ClN2/c1-16-13-6-2-11(3-7-13)10-17-14-8-4-12(15)5-9-14/h2-9,16-17H,10H2,1H3. The van der Waals surface area contributed by atoms with Crippen molar-refractivity contribution in [3.63, 3.8) is 0 Å². The molecule has 2 rings (SSSR count). The molecule has 0 aromatic heterocycles. The van der Waals surface area contributed by atoms with Crippen molar-refractivity contribution in [3.8, 4) is 0 Å². The van der Waals surface area contributed by atoms with Gasteiger partial charge in [-0.15, -0.1) is 0 Å². The van der Waals surface area contributed by atoms with Gasteiger partial charge in [0.05, 0.1) is 0 Å². The summed E-state index contributed by atoms with van der Waals surface area (Å²) in [6, 6.07) is 16.1. The Morgan fingerprint density at radius 1 is 0.882 bits per heavy atom. The highest BCUT2D eigenvalue weighted by Crippen LogP contribution is 2.15. The van der Waals surface area contributed by atoms with Gasteiger partial charge in [0.15, 0.2) is 0 Å². The lowest BCUT2D eigenvalue weighted by Gasteiger charge is -2.07. The van der Waals surface area contributed by atoms with E-state index >= 15 is 0 Å². The van der Waals surface area contributed by atoms with Crippen LogP contribution in [0, 0.1) is 0 Å². The number of hydrogen-bond donors (Lipinski definition) is 2. The van der Waals surface area contributed by atoms with Gasteiger partial charge in [0.1, 0.15) is 0 Å². The van der Waals surface area contributed by atoms with Crippen LogP contribution in [-0.2, 0) is 6.54 Å². The molecule has 2 nitrogen and oxygen atoms in total. The van der Waals surface area contributed by atoms with Crippen LogP contribution >= 0.6 is 11.6 Å². The fraction of sp³-hybridized carbons (Fsp3) is 0.143. The van der Waals surface area contributed by atoms with Gasteiger partial charge in [-0.25, -0.2) is 0 Å². The number of halogens is 1. The van der Waals surface area contributed by atoms with Crippen molar-refractivity contribution in [2.45, 2.75) is 6.54 Å². The Bertz CT molecular complexity index is 463. The summed E-state index contributed by atoms with van der Waals surface area (Å²) in [6.45, 7) is 0.811. The van der Waals surface area contributed by atoms with E-state index in [0.717, 1.165) is 22.9 Å². The molecule has 0 fully saturated rings. The zero-order valence-corrected chi connectivity index (χ0v) is 10.5.